The average Bonchev–Trinajstić information content (AvgIpc) is 3.37. The van der Waals surface area contributed by atoms with Crippen LogP contribution in [-0.4, -0.2) is 57.0 Å². The van der Waals surface area contributed by atoms with E-state index in [9.17, 15) is 18.0 Å². The molecule has 3 aromatic rings. The number of rotatable bonds is 6. The van der Waals surface area contributed by atoms with E-state index >= 15 is 0 Å². The third-order valence-corrected chi connectivity index (χ3v) is 6.03. The summed E-state index contributed by atoms with van der Waals surface area (Å²) < 4.78 is 43.8. The maximum atomic E-state index is 13.7. The number of hydrogen-bond donors (Lipinski definition) is 1. The van der Waals surface area contributed by atoms with E-state index in [1.54, 1.807) is 23.1 Å². The van der Waals surface area contributed by atoms with Crippen LogP contribution in [0.2, 0.25) is 0 Å². The number of anilines is 1. The van der Waals surface area contributed by atoms with Crippen LogP contribution in [0.15, 0.2) is 48.9 Å². The number of nitrogens with zero attached hydrogens (tertiary/aromatic N) is 5. The molecule has 0 aliphatic carbocycles. The van der Waals surface area contributed by atoms with Crippen LogP contribution in [0.3, 0.4) is 0 Å². The molecule has 8 nitrogen and oxygen atoms in total. The number of benzene rings is 1. The lowest BCUT2D eigenvalue weighted by Gasteiger charge is -2.40. The maximum Gasteiger partial charge on any atom is 0.417 e. The Balaban J connectivity index is 1.57. The molecule has 3 heterocycles. The van der Waals surface area contributed by atoms with Crippen molar-refractivity contribution in [2.45, 2.75) is 32.0 Å². The van der Waals surface area contributed by atoms with Crippen molar-refractivity contribution in [3.05, 3.63) is 60.0 Å². The van der Waals surface area contributed by atoms with Gasteiger partial charge in [0, 0.05) is 19.3 Å². The summed E-state index contributed by atoms with van der Waals surface area (Å²) in [5, 5.41) is 11.4. The van der Waals surface area contributed by atoms with E-state index in [0.717, 1.165) is 25.1 Å². The van der Waals surface area contributed by atoms with Gasteiger partial charge in [0.2, 0.25) is 0 Å². The Kier molecular flexibility index (Phi) is 6.71. The minimum atomic E-state index is -4.44. The lowest BCUT2D eigenvalue weighted by atomic mass is 9.90. The number of piperidine rings is 1. The first kappa shape index (κ1) is 23.5. The van der Waals surface area contributed by atoms with Crippen LogP contribution >= 0.6 is 0 Å². The highest BCUT2D eigenvalue weighted by Crippen LogP contribution is 2.30. The Morgan fingerprint density at radius 1 is 1.21 bits per heavy atom. The molecule has 1 saturated heterocycles. The van der Waals surface area contributed by atoms with E-state index in [4.69, 9.17) is 4.74 Å². The number of nitrogens with one attached hydrogen (secondary N) is 1. The van der Waals surface area contributed by atoms with Crippen LogP contribution in [0.1, 0.15) is 35.7 Å². The zero-order valence-electron chi connectivity index (χ0n) is 18.8. The molecular formula is C23H25F3N6O2. The molecule has 11 heteroatoms. The number of carbonyl (C=O) groups is 1. The van der Waals surface area contributed by atoms with Crippen molar-refractivity contribution in [3.63, 3.8) is 0 Å². The van der Waals surface area contributed by atoms with Crippen LogP contribution in [0.4, 0.5) is 19.0 Å². The molecule has 0 spiro atoms. The minimum Gasteiger partial charge on any atom is -0.497 e. The second kappa shape index (κ2) is 9.70. The lowest BCUT2D eigenvalue weighted by Crippen LogP contribution is -2.51. The first-order valence-corrected chi connectivity index (χ1v) is 10.9. The minimum absolute atomic E-state index is 0.177. The zero-order chi connectivity index (χ0) is 24.3. The van der Waals surface area contributed by atoms with Crippen LogP contribution < -0.4 is 10.1 Å². The standard InChI is InChI=1S/C23H25F3N6O2/c1-15-4-3-11-31(20(15)14-28-21-8-5-16(13-27-21)23(24,25)26)22(33)18-12-17(34-2)6-7-19(18)32-29-9-10-30-32/h5-10,12-13,15,20H,3-4,11,14H2,1-2H3,(H,27,28). The third kappa shape index (κ3) is 4.97. The molecule has 0 bridgehead atoms. The molecule has 1 N–H and O–H groups in total. The SMILES string of the molecule is COc1ccc(-n2nccn2)c(C(=O)N2CCCC(C)C2CNc2ccc(C(F)(F)F)cn2)c1. The van der Waals surface area contributed by atoms with E-state index in [1.807, 2.05) is 0 Å². The molecule has 1 aromatic carbocycles. The predicted octanol–water partition coefficient (Wildman–Crippen LogP) is 4.04. The lowest BCUT2D eigenvalue weighted by molar-refractivity contribution is -0.137. The molecule has 1 aliphatic heterocycles. The number of halogens is 3. The number of likely N-dealkylation sites (tertiary alicyclic amines) is 1. The highest BCUT2D eigenvalue weighted by Gasteiger charge is 2.34. The van der Waals surface area contributed by atoms with Gasteiger partial charge in [0.05, 0.1) is 42.4 Å². The van der Waals surface area contributed by atoms with Crippen LogP contribution in [-0.2, 0) is 6.18 Å². The van der Waals surface area contributed by atoms with E-state index in [0.29, 0.717) is 35.9 Å². The number of methoxy groups -OCH3 is 1. The summed E-state index contributed by atoms with van der Waals surface area (Å²) in [6.45, 7) is 2.97. The van der Waals surface area contributed by atoms with Gasteiger partial charge in [-0.3, -0.25) is 4.79 Å². The first-order chi connectivity index (χ1) is 16.3. The zero-order valence-corrected chi connectivity index (χ0v) is 18.8. The Morgan fingerprint density at radius 2 is 1.97 bits per heavy atom. The fourth-order valence-corrected chi connectivity index (χ4v) is 4.17. The second-order valence-corrected chi connectivity index (χ2v) is 8.20. The third-order valence-electron chi connectivity index (χ3n) is 6.03. The Bertz CT molecular complexity index is 1120. The summed E-state index contributed by atoms with van der Waals surface area (Å²) in [7, 11) is 1.53. The largest absolute Gasteiger partial charge is 0.497 e. The smallest absolute Gasteiger partial charge is 0.417 e. The Hall–Kier alpha value is -3.63. The van der Waals surface area contributed by atoms with Crippen LogP contribution in [0, 0.1) is 5.92 Å². The number of alkyl halides is 3. The summed E-state index contributed by atoms with van der Waals surface area (Å²) in [6, 6.07) is 7.24. The van der Waals surface area contributed by atoms with E-state index in [1.165, 1.54) is 30.4 Å². The molecule has 4 rings (SSSR count). The molecule has 34 heavy (non-hydrogen) atoms. The van der Waals surface area contributed by atoms with Crippen molar-refractivity contribution < 1.29 is 22.7 Å². The maximum absolute atomic E-state index is 13.7. The monoisotopic (exact) mass is 474 g/mol. The second-order valence-electron chi connectivity index (χ2n) is 8.20. The van der Waals surface area contributed by atoms with E-state index in [-0.39, 0.29) is 17.9 Å². The van der Waals surface area contributed by atoms with Crippen molar-refractivity contribution in [2.75, 3.05) is 25.5 Å². The Morgan fingerprint density at radius 3 is 2.62 bits per heavy atom. The van der Waals surface area contributed by atoms with Gasteiger partial charge >= 0.3 is 6.18 Å². The van der Waals surface area contributed by atoms with Crippen LogP contribution in [0.25, 0.3) is 5.69 Å². The van der Waals surface area contributed by atoms with Crippen molar-refractivity contribution >= 4 is 11.7 Å². The molecule has 0 saturated carbocycles. The number of amides is 1. The Labute approximate surface area is 194 Å². The number of ether oxygens (including phenoxy) is 1. The van der Waals surface area contributed by atoms with Crippen molar-refractivity contribution in [1.29, 1.82) is 0 Å². The topological polar surface area (TPSA) is 85.2 Å². The van der Waals surface area contributed by atoms with Gasteiger partial charge in [-0.15, -0.1) is 0 Å². The van der Waals surface area contributed by atoms with Gasteiger partial charge < -0.3 is 15.0 Å². The number of carbonyl (C=O) groups excluding carboxylic acids is 1. The van der Waals surface area contributed by atoms with Gasteiger partial charge in [-0.1, -0.05) is 6.92 Å². The van der Waals surface area contributed by atoms with Crippen molar-refractivity contribution in [3.8, 4) is 11.4 Å². The van der Waals surface area contributed by atoms with Gasteiger partial charge in [-0.2, -0.15) is 28.2 Å². The molecule has 1 amide bonds. The first-order valence-electron chi connectivity index (χ1n) is 10.9. The molecule has 1 aliphatic rings. The molecule has 2 aromatic heterocycles. The van der Waals surface area contributed by atoms with E-state index in [2.05, 4.69) is 27.4 Å². The van der Waals surface area contributed by atoms with Crippen LogP contribution in [0.5, 0.6) is 5.75 Å². The summed E-state index contributed by atoms with van der Waals surface area (Å²) in [5.41, 5.74) is 0.131. The molecule has 2 unspecified atom stereocenters. The summed E-state index contributed by atoms with van der Waals surface area (Å²) >= 11 is 0. The fourth-order valence-electron chi connectivity index (χ4n) is 4.17. The van der Waals surface area contributed by atoms with Gasteiger partial charge in [0.25, 0.3) is 5.91 Å². The predicted molar refractivity (Wildman–Crippen MR) is 119 cm³/mol. The molecule has 2 atom stereocenters. The quantitative estimate of drug-likeness (QED) is 0.581. The fraction of sp³-hybridized carbons (Fsp3) is 0.391. The van der Waals surface area contributed by atoms with Gasteiger partial charge in [0.1, 0.15) is 11.6 Å². The van der Waals surface area contributed by atoms with Gasteiger partial charge in [-0.25, -0.2) is 4.98 Å². The van der Waals surface area contributed by atoms with Gasteiger partial charge in [-0.05, 0) is 49.1 Å². The molecule has 1 fully saturated rings. The number of pyridine rings is 1. The number of aromatic nitrogens is 4. The molecule has 0 radical (unpaired) electrons. The van der Waals surface area contributed by atoms with Gasteiger partial charge in [0.15, 0.2) is 0 Å². The normalized spacial score (nSPS) is 18.6. The summed E-state index contributed by atoms with van der Waals surface area (Å²) in [5.74, 6) is 0.843. The molecular weight excluding hydrogens is 449 g/mol. The average molecular weight is 474 g/mol. The highest BCUT2D eigenvalue weighted by atomic mass is 19.4. The summed E-state index contributed by atoms with van der Waals surface area (Å²) in [4.78, 5) is 20.8. The summed E-state index contributed by atoms with van der Waals surface area (Å²) in [6.07, 6.45) is 1.21. The van der Waals surface area contributed by atoms with Crippen molar-refractivity contribution in [2.24, 2.45) is 5.92 Å². The van der Waals surface area contributed by atoms with Crippen molar-refractivity contribution in [1.82, 2.24) is 24.9 Å². The highest BCUT2D eigenvalue weighted by molar-refractivity contribution is 5.98. The number of hydrogen-bond acceptors (Lipinski definition) is 6. The van der Waals surface area contributed by atoms with E-state index < -0.39 is 11.7 Å². The molecule has 180 valence electrons.